The van der Waals surface area contributed by atoms with E-state index in [1.807, 2.05) is 36.4 Å². The molecule has 0 bridgehead atoms. The summed E-state index contributed by atoms with van der Waals surface area (Å²) in [5.74, 6) is 3.57. The summed E-state index contributed by atoms with van der Waals surface area (Å²) >= 11 is 13.9. The zero-order chi connectivity index (χ0) is 27.1. The van der Waals surface area contributed by atoms with Crippen LogP contribution in [0, 0.1) is 0 Å². The highest BCUT2D eigenvalue weighted by molar-refractivity contribution is 7.98. The number of hydrogen-bond donors (Lipinski definition) is 2. The van der Waals surface area contributed by atoms with Crippen LogP contribution in [-0.2, 0) is 5.75 Å². The third kappa shape index (κ3) is 5.28. The maximum Gasteiger partial charge on any atom is 0.408 e. The lowest BCUT2D eigenvalue weighted by Crippen LogP contribution is -2.49. The first-order chi connectivity index (χ1) is 17.4. The molecule has 37 heavy (non-hydrogen) atoms. The van der Waals surface area contributed by atoms with E-state index in [9.17, 15) is 27.9 Å². The predicted molar refractivity (Wildman–Crippen MR) is 138 cm³/mol. The third-order valence-electron chi connectivity index (χ3n) is 6.40. The maximum atomic E-state index is 13.9. The average Bonchev–Trinajstić information content (AvgIpc) is 3.00. The van der Waals surface area contributed by atoms with Gasteiger partial charge in [-0.2, -0.15) is 13.2 Å². The Kier molecular flexibility index (Phi) is 7.73. The van der Waals surface area contributed by atoms with Crippen LogP contribution in [0.2, 0.25) is 10.0 Å². The van der Waals surface area contributed by atoms with Crippen molar-refractivity contribution in [2.45, 2.75) is 42.1 Å². The van der Waals surface area contributed by atoms with Gasteiger partial charge in [0, 0.05) is 34.3 Å². The number of thioether (sulfide) groups is 1. The van der Waals surface area contributed by atoms with Gasteiger partial charge in [-0.1, -0.05) is 53.5 Å². The number of nitrogens with two attached hydrogens (primary N) is 1. The van der Waals surface area contributed by atoms with Crippen molar-refractivity contribution in [1.82, 2.24) is 9.58 Å². The van der Waals surface area contributed by atoms with Gasteiger partial charge in [0.05, 0.1) is 0 Å². The molecule has 0 spiro atoms. The molecule has 2 atom stereocenters. The molecule has 1 aromatic heterocycles. The predicted octanol–water partition coefficient (Wildman–Crippen LogP) is 5.80. The number of hydrogen-bond acceptors (Lipinski definition) is 5. The van der Waals surface area contributed by atoms with Crippen LogP contribution in [0.15, 0.2) is 58.4 Å². The van der Waals surface area contributed by atoms with Crippen molar-refractivity contribution in [1.29, 1.82) is 0 Å². The van der Waals surface area contributed by atoms with Gasteiger partial charge in [-0.05, 0) is 42.2 Å². The number of rotatable bonds is 5. The molecule has 3 aromatic rings. The molecule has 196 valence electrons. The van der Waals surface area contributed by atoms with E-state index in [-0.39, 0.29) is 13.0 Å². The highest BCUT2D eigenvalue weighted by Crippen LogP contribution is 2.45. The maximum absolute atomic E-state index is 13.9. The van der Waals surface area contributed by atoms with E-state index in [0.29, 0.717) is 20.4 Å². The molecule has 0 fully saturated rings. The van der Waals surface area contributed by atoms with Crippen molar-refractivity contribution in [2.75, 3.05) is 12.4 Å². The fourth-order valence-corrected chi connectivity index (χ4v) is 6.10. The Morgan fingerprint density at radius 1 is 1.22 bits per heavy atom. The number of nitrogen functional groups attached to an aromatic ring is 1. The van der Waals surface area contributed by atoms with E-state index in [1.54, 1.807) is 17.8 Å². The van der Waals surface area contributed by atoms with Crippen molar-refractivity contribution in [3.05, 3.63) is 91.3 Å². The SMILES string of the molecule is C[C@@H](N(CC[C@@H]1c2ccccc2SCc2cccc(Cl)c21)C(=O)c1c(O)c(=O)c(Cl)cn1N)C(F)(F)F. The number of aromatic hydroxyl groups is 1. The first kappa shape index (κ1) is 27.2. The Hall–Kier alpha value is -2.82. The Morgan fingerprint density at radius 2 is 1.92 bits per heavy atom. The van der Waals surface area contributed by atoms with Gasteiger partial charge < -0.3 is 15.8 Å². The summed E-state index contributed by atoms with van der Waals surface area (Å²) in [7, 11) is 0. The van der Waals surface area contributed by atoms with E-state index in [4.69, 9.17) is 29.0 Å². The number of halogens is 5. The molecule has 0 saturated heterocycles. The standard InChI is InChI=1S/C25H22Cl2F3N3O3S/c1-13(25(28,29)30)32(24(36)21-23(35)22(34)18(27)11-33(21)31)10-9-16-15-6-2-3-8-19(15)37-12-14-5-4-7-17(26)20(14)16/h2-8,11,13,16,35H,9-10,12,31H2,1H3/t13-,16-/m1/s1. The van der Waals surface area contributed by atoms with Crippen LogP contribution in [-0.4, -0.2) is 39.4 Å². The molecule has 0 saturated carbocycles. The molecule has 1 amide bonds. The normalized spacial score (nSPS) is 15.9. The number of alkyl halides is 3. The summed E-state index contributed by atoms with van der Waals surface area (Å²) in [6, 6.07) is 10.8. The van der Waals surface area contributed by atoms with Gasteiger partial charge in [-0.25, -0.2) is 0 Å². The lowest BCUT2D eigenvalue weighted by atomic mass is 9.85. The van der Waals surface area contributed by atoms with E-state index < -0.39 is 45.9 Å². The molecule has 2 aromatic carbocycles. The Balaban J connectivity index is 1.78. The topological polar surface area (TPSA) is 88.6 Å². The monoisotopic (exact) mass is 571 g/mol. The van der Waals surface area contributed by atoms with Gasteiger partial charge in [0.25, 0.3) is 5.91 Å². The fraction of sp³-hybridized carbons (Fsp3) is 0.280. The molecule has 0 aliphatic carbocycles. The van der Waals surface area contributed by atoms with Gasteiger partial charge in [-0.15, -0.1) is 11.8 Å². The summed E-state index contributed by atoms with van der Waals surface area (Å²) in [5.41, 5.74) is 0.726. The number of nitrogens with zero attached hydrogens (tertiary/aromatic N) is 2. The molecule has 1 aliphatic rings. The van der Waals surface area contributed by atoms with Crippen LogP contribution in [0.5, 0.6) is 5.75 Å². The fourth-order valence-electron chi connectivity index (χ4n) is 4.46. The smallest absolute Gasteiger partial charge is 0.408 e. The molecule has 12 heteroatoms. The Morgan fingerprint density at radius 3 is 2.62 bits per heavy atom. The average molecular weight is 572 g/mol. The highest BCUT2D eigenvalue weighted by atomic mass is 35.5. The summed E-state index contributed by atoms with van der Waals surface area (Å²) in [4.78, 5) is 27.0. The third-order valence-corrected chi connectivity index (χ3v) is 8.14. The molecule has 0 radical (unpaired) electrons. The lowest BCUT2D eigenvalue weighted by Gasteiger charge is -2.33. The van der Waals surface area contributed by atoms with Gasteiger partial charge in [0.1, 0.15) is 11.1 Å². The van der Waals surface area contributed by atoms with E-state index in [1.165, 1.54) is 0 Å². The molecular weight excluding hydrogens is 550 g/mol. The highest BCUT2D eigenvalue weighted by Gasteiger charge is 2.43. The first-order valence-corrected chi connectivity index (χ1v) is 12.9. The van der Waals surface area contributed by atoms with Crippen LogP contribution in [0.4, 0.5) is 13.2 Å². The summed E-state index contributed by atoms with van der Waals surface area (Å²) in [6.07, 6.45) is -3.84. The van der Waals surface area contributed by atoms with Crippen LogP contribution in [0.3, 0.4) is 0 Å². The number of pyridine rings is 1. The van der Waals surface area contributed by atoms with E-state index in [0.717, 1.165) is 34.7 Å². The minimum absolute atomic E-state index is 0.0869. The Labute approximate surface area is 224 Å². The number of amides is 1. The summed E-state index contributed by atoms with van der Waals surface area (Å²) in [5, 5.41) is 10.3. The second-order valence-electron chi connectivity index (χ2n) is 8.61. The van der Waals surface area contributed by atoms with Crippen molar-refractivity contribution in [2.24, 2.45) is 0 Å². The van der Waals surface area contributed by atoms with Crippen LogP contribution in [0.25, 0.3) is 0 Å². The number of carbonyl (C=O) groups is 1. The second-order valence-corrected chi connectivity index (χ2v) is 10.4. The molecule has 3 N–H and O–H groups in total. The largest absolute Gasteiger partial charge is 0.502 e. The zero-order valence-electron chi connectivity index (χ0n) is 19.4. The number of fused-ring (bicyclic) bond motifs is 2. The summed E-state index contributed by atoms with van der Waals surface area (Å²) in [6.45, 7) is 0.464. The van der Waals surface area contributed by atoms with Crippen molar-refractivity contribution >= 4 is 40.9 Å². The van der Waals surface area contributed by atoms with Gasteiger partial charge in [0.2, 0.25) is 5.43 Å². The molecule has 1 aliphatic heterocycles. The molecular formula is C25H22Cl2F3N3O3S. The summed E-state index contributed by atoms with van der Waals surface area (Å²) < 4.78 is 42.2. The van der Waals surface area contributed by atoms with Crippen molar-refractivity contribution in [3.63, 3.8) is 0 Å². The Bertz CT molecular complexity index is 1410. The number of carbonyl (C=O) groups excluding carboxylic acids is 1. The minimum Gasteiger partial charge on any atom is -0.502 e. The molecule has 6 nitrogen and oxygen atoms in total. The van der Waals surface area contributed by atoms with Crippen LogP contribution in [0.1, 0.15) is 46.4 Å². The zero-order valence-corrected chi connectivity index (χ0v) is 21.8. The van der Waals surface area contributed by atoms with Gasteiger partial charge in [-0.3, -0.25) is 14.3 Å². The number of benzene rings is 2. The van der Waals surface area contributed by atoms with E-state index >= 15 is 0 Å². The van der Waals surface area contributed by atoms with Gasteiger partial charge in [0.15, 0.2) is 11.4 Å². The first-order valence-electron chi connectivity index (χ1n) is 11.2. The quantitative estimate of drug-likeness (QED) is 0.378. The number of aromatic nitrogens is 1. The van der Waals surface area contributed by atoms with Gasteiger partial charge >= 0.3 is 6.18 Å². The molecule has 0 unspecified atom stereocenters. The second kappa shape index (κ2) is 10.5. The van der Waals surface area contributed by atoms with E-state index in [2.05, 4.69) is 0 Å². The van der Waals surface area contributed by atoms with Crippen LogP contribution < -0.4 is 11.3 Å². The molecule has 4 rings (SSSR count). The van der Waals surface area contributed by atoms with Crippen molar-refractivity contribution < 1.29 is 23.1 Å². The lowest BCUT2D eigenvalue weighted by molar-refractivity contribution is -0.172. The van der Waals surface area contributed by atoms with Crippen molar-refractivity contribution in [3.8, 4) is 5.75 Å². The van der Waals surface area contributed by atoms with Crippen LogP contribution >= 0.6 is 35.0 Å². The molecule has 2 heterocycles. The minimum atomic E-state index is -4.79.